The summed E-state index contributed by atoms with van der Waals surface area (Å²) in [5.74, 6) is -2.72. The van der Waals surface area contributed by atoms with Crippen LogP contribution in [-0.4, -0.2) is 28.9 Å². The number of amides is 2. The third-order valence-corrected chi connectivity index (χ3v) is 2.78. The maximum Gasteiger partial charge on any atom is 0.337 e. The maximum absolute atomic E-state index is 13.1. The first kappa shape index (κ1) is 13.0. The van der Waals surface area contributed by atoms with E-state index in [4.69, 9.17) is 5.11 Å². The van der Waals surface area contributed by atoms with Crippen LogP contribution in [0.25, 0.3) is 0 Å². The highest BCUT2D eigenvalue weighted by Gasteiger charge is 2.28. The minimum atomic E-state index is -1.27. The monoisotopic (exact) mass is 266 g/mol. The Morgan fingerprint density at radius 2 is 2.16 bits per heavy atom. The van der Waals surface area contributed by atoms with Gasteiger partial charge in [-0.05, 0) is 24.6 Å². The van der Waals surface area contributed by atoms with Crippen molar-refractivity contribution < 1.29 is 23.9 Å². The van der Waals surface area contributed by atoms with Gasteiger partial charge < -0.3 is 15.7 Å². The number of halogens is 1. The van der Waals surface area contributed by atoms with E-state index in [2.05, 4.69) is 10.6 Å². The van der Waals surface area contributed by atoms with Gasteiger partial charge in [0.15, 0.2) is 0 Å². The van der Waals surface area contributed by atoms with E-state index in [1.165, 1.54) is 0 Å². The van der Waals surface area contributed by atoms with Crippen molar-refractivity contribution in [2.45, 2.75) is 18.9 Å². The molecule has 100 valence electrons. The van der Waals surface area contributed by atoms with Crippen molar-refractivity contribution in [2.75, 3.05) is 5.32 Å². The Morgan fingerprint density at radius 1 is 1.42 bits per heavy atom. The predicted octanol–water partition coefficient (Wildman–Crippen LogP) is 0.741. The van der Waals surface area contributed by atoms with Gasteiger partial charge in [-0.15, -0.1) is 0 Å². The van der Waals surface area contributed by atoms with Crippen LogP contribution in [0.5, 0.6) is 0 Å². The Kier molecular flexibility index (Phi) is 3.46. The highest BCUT2D eigenvalue weighted by atomic mass is 19.1. The Balaban J connectivity index is 2.18. The first-order valence-corrected chi connectivity index (χ1v) is 5.60. The summed E-state index contributed by atoms with van der Waals surface area (Å²) in [5, 5.41) is 13.7. The summed E-state index contributed by atoms with van der Waals surface area (Å²) in [4.78, 5) is 33.7. The number of anilines is 1. The minimum absolute atomic E-state index is 0.126. The van der Waals surface area contributed by atoms with Crippen LogP contribution in [0.3, 0.4) is 0 Å². The van der Waals surface area contributed by atoms with Gasteiger partial charge >= 0.3 is 5.97 Å². The average molecular weight is 266 g/mol. The van der Waals surface area contributed by atoms with Crippen molar-refractivity contribution in [2.24, 2.45) is 0 Å². The van der Waals surface area contributed by atoms with Crippen molar-refractivity contribution in [3.05, 3.63) is 29.6 Å². The molecule has 3 N–H and O–H groups in total. The van der Waals surface area contributed by atoms with Crippen LogP contribution in [0, 0.1) is 5.82 Å². The molecule has 0 radical (unpaired) electrons. The van der Waals surface area contributed by atoms with Crippen LogP contribution in [0.4, 0.5) is 10.1 Å². The molecule has 0 aliphatic carbocycles. The lowest BCUT2D eigenvalue weighted by atomic mass is 10.1. The predicted molar refractivity (Wildman–Crippen MR) is 63.2 cm³/mol. The molecule has 1 aliphatic heterocycles. The van der Waals surface area contributed by atoms with Crippen molar-refractivity contribution in [3.63, 3.8) is 0 Å². The largest absolute Gasteiger partial charge is 0.478 e. The summed E-state index contributed by atoms with van der Waals surface area (Å²) in [6, 6.07) is 2.28. The molecule has 2 amide bonds. The van der Waals surface area contributed by atoms with Gasteiger partial charge in [0.05, 0.1) is 11.3 Å². The lowest BCUT2D eigenvalue weighted by Gasteiger charge is -2.12. The molecule has 6 nitrogen and oxygen atoms in total. The van der Waals surface area contributed by atoms with Crippen LogP contribution in [0.15, 0.2) is 18.2 Å². The van der Waals surface area contributed by atoms with Gasteiger partial charge in [-0.25, -0.2) is 9.18 Å². The Morgan fingerprint density at radius 3 is 2.74 bits per heavy atom. The molecular weight excluding hydrogens is 255 g/mol. The van der Waals surface area contributed by atoms with Crippen molar-refractivity contribution in [1.29, 1.82) is 0 Å². The molecule has 1 saturated heterocycles. The second-order valence-corrected chi connectivity index (χ2v) is 4.14. The zero-order valence-corrected chi connectivity index (χ0v) is 9.77. The first-order chi connectivity index (χ1) is 8.97. The lowest BCUT2D eigenvalue weighted by Crippen LogP contribution is -2.37. The molecule has 1 heterocycles. The van der Waals surface area contributed by atoms with Crippen LogP contribution >= 0.6 is 0 Å². The van der Waals surface area contributed by atoms with E-state index in [0.29, 0.717) is 6.42 Å². The van der Waals surface area contributed by atoms with E-state index in [9.17, 15) is 18.8 Å². The van der Waals surface area contributed by atoms with Crippen molar-refractivity contribution in [3.8, 4) is 0 Å². The summed E-state index contributed by atoms with van der Waals surface area (Å²) >= 11 is 0. The van der Waals surface area contributed by atoms with Crippen LogP contribution in [-0.2, 0) is 9.59 Å². The van der Waals surface area contributed by atoms with E-state index in [0.717, 1.165) is 18.2 Å². The standard InChI is InChI=1S/C12H11FN2O4/c13-6-1-2-7(12(18)19)9(5-6)15-11(17)8-3-4-10(16)14-8/h1-2,5,8H,3-4H2,(H,14,16)(H,15,17)(H,18,19)/t8-/m0/s1. The van der Waals surface area contributed by atoms with Gasteiger partial charge in [-0.1, -0.05) is 0 Å². The Bertz CT molecular complexity index is 559. The molecule has 0 saturated carbocycles. The quantitative estimate of drug-likeness (QED) is 0.752. The number of carbonyl (C=O) groups excluding carboxylic acids is 2. The van der Waals surface area contributed by atoms with Gasteiger partial charge in [0.25, 0.3) is 0 Å². The molecule has 2 rings (SSSR count). The van der Waals surface area contributed by atoms with Crippen molar-refractivity contribution >= 4 is 23.5 Å². The number of carboxylic acid groups (broad SMARTS) is 1. The second kappa shape index (κ2) is 5.05. The van der Waals surface area contributed by atoms with E-state index in [-0.39, 0.29) is 23.6 Å². The third-order valence-electron chi connectivity index (χ3n) is 2.78. The molecule has 1 fully saturated rings. The minimum Gasteiger partial charge on any atom is -0.478 e. The normalized spacial score (nSPS) is 17.9. The number of hydrogen-bond acceptors (Lipinski definition) is 3. The smallest absolute Gasteiger partial charge is 0.337 e. The third kappa shape index (κ3) is 2.87. The number of hydrogen-bond donors (Lipinski definition) is 3. The SMILES string of the molecule is O=C1CC[C@@H](C(=O)Nc2cc(F)ccc2C(=O)O)N1. The molecular formula is C12H11FN2O4. The molecule has 0 spiro atoms. The number of carboxylic acids is 1. The lowest BCUT2D eigenvalue weighted by molar-refractivity contribution is -0.122. The second-order valence-electron chi connectivity index (χ2n) is 4.14. The van der Waals surface area contributed by atoms with Crippen LogP contribution in [0.1, 0.15) is 23.2 Å². The molecule has 0 unspecified atom stereocenters. The van der Waals surface area contributed by atoms with E-state index < -0.39 is 23.7 Å². The molecule has 0 bridgehead atoms. The summed E-state index contributed by atoms with van der Waals surface area (Å²) in [6.07, 6.45) is 0.579. The fourth-order valence-electron chi connectivity index (χ4n) is 1.84. The fraction of sp³-hybridized carbons (Fsp3) is 0.250. The van der Waals surface area contributed by atoms with Crippen LogP contribution in [0.2, 0.25) is 0 Å². The topological polar surface area (TPSA) is 95.5 Å². The van der Waals surface area contributed by atoms with Crippen molar-refractivity contribution in [1.82, 2.24) is 5.32 Å². The van der Waals surface area contributed by atoms with Gasteiger partial charge in [-0.2, -0.15) is 0 Å². The van der Waals surface area contributed by atoms with Gasteiger partial charge in [0, 0.05) is 6.42 Å². The molecule has 1 aliphatic rings. The molecule has 1 aromatic carbocycles. The number of aromatic carboxylic acids is 1. The highest BCUT2D eigenvalue weighted by molar-refractivity contribution is 6.03. The van der Waals surface area contributed by atoms with E-state index >= 15 is 0 Å². The maximum atomic E-state index is 13.1. The summed E-state index contributed by atoms with van der Waals surface area (Å²) in [7, 11) is 0. The fourth-order valence-corrected chi connectivity index (χ4v) is 1.84. The number of rotatable bonds is 3. The summed E-state index contributed by atoms with van der Waals surface area (Å²) in [5.41, 5.74) is -0.335. The van der Waals surface area contributed by atoms with E-state index in [1.54, 1.807) is 0 Å². The molecule has 19 heavy (non-hydrogen) atoms. The molecule has 7 heteroatoms. The zero-order chi connectivity index (χ0) is 14.0. The Labute approximate surface area is 107 Å². The van der Waals surface area contributed by atoms with E-state index in [1.807, 2.05) is 0 Å². The first-order valence-electron chi connectivity index (χ1n) is 5.60. The van der Waals surface area contributed by atoms with Gasteiger partial charge in [0.1, 0.15) is 11.9 Å². The number of benzene rings is 1. The van der Waals surface area contributed by atoms with Crippen LogP contribution < -0.4 is 10.6 Å². The number of carbonyl (C=O) groups is 3. The van der Waals surface area contributed by atoms with Gasteiger partial charge in [0.2, 0.25) is 11.8 Å². The average Bonchev–Trinajstić information content (AvgIpc) is 2.75. The molecule has 1 aromatic rings. The molecule has 1 atom stereocenters. The Hall–Kier alpha value is -2.44. The highest BCUT2D eigenvalue weighted by Crippen LogP contribution is 2.18. The summed E-state index contributed by atoms with van der Waals surface area (Å²) < 4.78 is 13.1. The molecule has 0 aromatic heterocycles. The van der Waals surface area contributed by atoms with Gasteiger partial charge in [-0.3, -0.25) is 9.59 Å². The summed E-state index contributed by atoms with van der Waals surface area (Å²) in [6.45, 7) is 0. The zero-order valence-electron chi connectivity index (χ0n) is 9.77. The number of nitrogens with one attached hydrogen (secondary N) is 2.